The number of aryl methyl sites for hydroxylation is 2. The Kier molecular flexibility index (Phi) is 12.8. The molecule has 0 aromatic heterocycles. The molecule has 3 heteroatoms. The van der Waals surface area contributed by atoms with Crippen LogP contribution in [-0.4, -0.2) is 0 Å². The van der Waals surface area contributed by atoms with Crippen molar-refractivity contribution >= 4 is 21.5 Å². The normalized spacial score (nSPS) is 14.8. The van der Waals surface area contributed by atoms with Crippen molar-refractivity contribution in [3.05, 3.63) is 77.4 Å². The Morgan fingerprint density at radius 3 is 1.84 bits per heavy atom. The van der Waals surface area contributed by atoms with Gasteiger partial charge in [0, 0.05) is 0 Å². The van der Waals surface area contributed by atoms with Crippen LogP contribution in [0.4, 0.5) is 0 Å². The average Bonchev–Trinajstić information content (AvgIpc) is 3.23. The molecule has 1 atom stereocenters. The van der Waals surface area contributed by atoms with E-state index >= 15 is 0 Å². The van der Waals surface area contributed by atoms with E-state index in [1.807, 2.05) is 0 Å². The van der Waals surface area contributed by atoms with Crippen LogP contribution in [0.3, 0.4) is 0 Å². The number of fused-ring (bicyclic) bond motifs is 3. The summed E-state index contributed by atoms with van der Waals surface area (Å²) >= 11 is 0. The van der Waals surface area contributed by atoms with Gasteiger partial charge < -0.3 is 24.8 Å². The molecule has 0 N–H and O–H groups in total. The zero-order chi connectivity index (χ0) is 20.3. The van der Waals surface area contributed by atoms with Gasteiger partial charge in [-0.3, -0.25) is 6.08 Å². The maximum Gasteiger partial charge on any atom is 4.00 e. The third kappa shape index (κ3) is 7.96. The molecule has 3 aromatic carbocycles. The summed E-state index contributed by atoms with van der Waals surface area (Å²) in [5.41, 5.74) is 4.41. The molecule has 0 bridgehead atoms. The first-order chi connectivity index (χ1) is 13.3. The van der Waals surface area contributed by atoms with Crippen LogP contribution < -0.4 is 24.8 Å². The van der Waals surface area contributed by atoms with Crippen LogP contribution in [0, 0.1) is 31.3 Å². The molecule has 0 radical (unpaired) electrons. The van der Waals surface area contributed by atoms with E-state index in [9.17, 15) is 0 Å². The Labute approximate surface area is 220 Å². The monoisotopic (exact) mass is 530 g/mol. The fourth-order valence-electron chi connectivity index (χ4n) is 3.83. The quantitative estimate of drug-likeness (QED) is 0.455. The second-order valence-corrected chi connectivity index (χ2v) is 9.26. The van der Waals surface area contributed by atoms with Crippen molar-refractivity contribution < 1.29 is 51.0 Å². The first-order valence-corrected chi connectivity index (χ1v) is 10.7. The zero-order valence-electron chi connectivity index (χ0n) is 19.7. The van der Waals surface area contributed by atoms with E-state index in [0.29, 0.717) is 11.3 Å². The Hall–Kier alpha value is -0.747. The summed E-state index contributed by atoms with van der Waals surface area (Å²) in [6, 6.07) is 15.6. The zero-order valence-corrected chi connectivity index (χ0v) is 23.6. The molecule has 4 rings (SSSR count). The van der Waals surface area contributed by atoms with Gasteiger partial charge in [-0.1, -0.05) is 93.7 Å². The van der Waals surface area contributed by atoms with E-state index < -0.39 is 0 Å². The number of hydrogen-bond donors (Lipinski definition) is 0. The van der Waals surface area contributed by atoms with Crippen LogP contribution in [0.1, 0.15) is 58.1 Å². The van der Waals surface area contributed by atoms with Crippen LogP contribution in [0.25, 0.3) is 21.5 Å². The molecular formula is C28H34Cl2Zr. The number of halogens is 2. The molecule has 0 fully saturated rings. The number of allylic oxidation sites excluding steroid dienone is 4. The molecule has 0 aliphatic heterocycles. The maximum atomic E-state index is 3.43. The van der Waals surface area contributed by atoms with Crippen LogP contribution in [-0.2, 0) is 26.2 Å². The molecule has 0 amide bonds. The maximum absolute atomic E-state index is 3.43. The summed E-state index contributed by atoms with van der Waals surface area (Å²) in [6.45, 7) is 13.3. The minimum atomic E-state index is 0. The van der Waals surface area contributed by atoms with Gasteiger partial charge >= 0.3 is 26.2 Å². The van der Waals surface area contributed by atoms with Crippen LogP contribution in [0.2, 0.25) is 0 Å². The van der Waals surface area contributed by atoms with E-state index in [1.54, 1.807) is 0 Å². The summed E-state index contributed by atoms with van der Waals surface area (Å²) < 4.78 is 0. The predicted molar refractivity (Wildman–Crippen MR) is 125 cm³/mol. The fourth-order valence-corrected chi connectivity index (χ4v) is 3.83. The Morgan fingerprint density at radius 2 is 1.42 bits per heavy atom. The van der Waals surface area contributed by atoms with E-state index in [-0.39, 0.29) is 51.0 Å². The second-order valence-electron chi connectivity index (χ2n) is 9.26. The van der Waals surface area contributed by atoms with Gasteiger partial charge in [0.05, 0.1) is 0 Å². The number of rotatable bonds is 3. The SMILES string of the molecule is CCCCC1[C-]=CC(C(C)(C)C)=C1.Cc1ccc2c(c1)[cH-]c1cc(C)ccc12.[Cl-].[Cl-].[Zr+4]. The van der Waals surface area contributed by atoms with Gasteiger partial charge in [-0.25, -0.2) is 6.08 Å². The molecule has 1 aliphatic rings. The second kappa shape index (κ2) is 13.1. The summed E-state index contributed by atoms with van der Waals surface area (Å²) in [5.74, 6) is 0.592. The molecule has 0 saturated carbocycles. The van der Waals surface area contributed by atoms with Crippen molar-refractivity contribution in [2.24, 2.45) is 11.3 Å². The van der Waals surface area contributed by atoms with Crippen molar-refractivity contribution in [3.8, 4) is 0 Å². The topological polar surface area (TPSA) is 0 Å². The van der Waals surface area contributed by atoms with Crippen LogP contribution in [0.5, 0.6) is 0 Å². The summed E-state index contributed by atoms with van der Waals surface area (Å²) in [6.07, 6.45) is 11.9. The van der Waals surface area contributed by atoms with Gasteiger partial charge in [-0.15, -0.1) is 39.7 Å². The minimum absolute atomic E-state index is 0. The molecule has 0 nitrogen and oxygen atoms in total. The molecule has 1 aliphatic carbocycles. The molecule has 1 unspecified atom stereocenters. The van der Waals surface area contributed by atoms with E-state index in [1.165, 1.54) is 57.5 Å². The largest absolute Gasteiger partial charge is 4.00 e. The Morgan fingerprint density at radius 1 is 0.903 bits per heavy atom. The van der Waals surface area contributed by atoms with Gasteiger partial charge in [-0.05, 0) is 13.8 Å². The molecule has 0 spiro atoms. The van der Waals surface area contributed by atoms with E-state index in [4.69, 9.17) is 0 Å². The summed E-state index contributed by atoms with van der Waals surface area (Å²) in [7, 11) is 0. The van der Waals surface area contributed by atoms with Crippen LogP contribution in [0.15, 0.2) is 60.2 Å². The first-order valence-electron chi connectivity index (χ1n) is 10.7. The smallest absolute Gasteiger partial charge is 1.00 e. The average molecular weight is 533 g/mol. The third-order valence-electron chi connectivity index (χ3n) is 5.58. The molecule has 0 saturated heterocycles. The Balaban J connectivity index is 0.000000535. The molecule has 164 valence electrons. The van der Waals surface area contributed by atoms with Gasteiger partial charge in [0.1, 0.15) is 0 Å². The predicted octanol–water partition coefficient (Wildman–Crippen LogP) is 2.47. The molecule has 0 heterocycles. The number of hydrogen-bond acceptors (Lipinski definition) is 0. The van der Waals surface area contributed by atoms with Gasteiger partial charge in [-0.2, -0.15) is 11.6 Å². The first kappa shape index (κ1) is 30.3. The number of benzene rings is 2. The summed E-state index contributed by atoms with van der Waals surface area (Å²) in [4.78, 5) is 0. The fraction of sp³-hybridized carbons (Fsp3) is 0.393. The summed E-state index contributed by atoms with van der Waals surface area (Å²) in [5, 5.41) is 5.46. The van der Waals surface area contributed by atoms with Crippen molar-refractivity contribution in [3.63, 3.8) is 0 Å². The van der Waals surface area contributed by atoms with E-state index in [0.717, 1.165) is 0 Å². The van der Waals surface area contributed by atoms with Crippen molar-refractivity contribution in [1.29, 1.82) is 0 Å². The standard InChI is InChI=1S/C15H13.C13H21.2ClH.Zr/c1-10-3-5-14-12(7-10)9-13-8-11(2)4-6-15(13)14;1-5-6-7-11-8-9-12(10-11)13(2,3)4;;;/h3-9H,1-2H3;9-11H,5-7H2,1-4H3;2*1H;/q2*-1;;;+4/p-2. The molecule has 3 aromatic rings. The van der Waals surface area contributed by atoms with Gasteiger partial charge in [0.2, 0.25) is 0 Å². The minimum Gasteiger partial charge on any atom is -1.00 e. The van der Waals surface area contributed by atoms with Crippen molar-refractivity contribution in [2.75, 3.05) is 0 Å². The van der Waals surface area contributed by atoms with Crippen molar-refractivity contribution in [1.82, 2.24) is 0 Å². The number of unbranched alkanes of at least 4 members (excludes halogenated alkanes) is 1. The van der Waals surface area contributed by atoms with Crippen molar-refractivity contribution in [2.45, 2.75) is 60.8 Å². The van der Waals surface area contributed by atoms with Crippen LogP contribution >= 0.6 is 0 Å². The van der Waals surface area contributed by atoms with E-state index in [2.05, 4.69) is 102 Å². The third-order valence-corrected chi connectivity index (χ3v) is 5.58. The Bertz CT molecular complexity index is 962. The molecule has 31 heavy (non-hydrogen) atoms. The molecular weight excluding hydrogens is 498 g/mol. The van der Waals surface area contributed by atoms with Gasteiger partial charge in [0.15, 0.2) is 0 Å². The van der Waals surface area contributed by atoms with Gasteiger partial charge in [0.25, 0.3) is 0 Å².